The summed E-state index contributed by atoms with van der Waals surface area (Å²) in [4.78, 5) is 4.57. The van der Waals surface area contributed by atoms with Crippen LogP contribution in [0.25, 0.3) is 0 Å². The van der Waals surface area contributed by atoms with Crippen molar-refractivity contribution in [3.63, 3.8) is 0 Å². The van der Waals surface area contributed by atoms with Gasteiger partial charge in [0.1, 0.15) is 11.9 Å². The molecule has 1 aliphatic rings. The summed E-state index contributed by atoms with van der Waals surface area (Å²) in [7, 11) is -2.90. The third kappa shape index (κ3) is 7.81. The van der Waals surface area contributed by atoms with Crippen LogP contribution in [0, 0.1) is 0 Å². The van der Waals surface area contributed by atoms with Crippen molar-refractivity contribution in [3.8, 4) is 5.75 Å². The standard InChI is InChI=1S/C17H27N3O3S.HI/c1-3-15(23-16-8-6-5-7-9-16)12-19-17(18-4-2)20-14-10-11-24(21,22)13-14;/h5-9,14-15H,3-4,10-13H2,1-2H3,(H2,18,19,20);1H. The van der Waals surface area contributed by atoms with E-state index in [-0.39, 0.29) is 47.6 Å². The van der Waals surface area contributed by atoms with E-state index in [9.17, 15) is 8.42 Å². The normalized spacial score (nSPS) is 20.4. The fraction of sp³-hybridized carbons (Fsp3) is 0.588. The van der Waals surface area contributed by atoms with Crippen molar-refractivity contribution in [1.82, 2.24) is 10.6 Å². The lowest BCUT2D eigenvalue weighted by atomic mass is 10.2. The molecule has 1 aromatic rings. The van der Waals surface area contributed by atoms with Gasteiger partial charge in [0.2, 0.25) is 0 Å². The van der Waals surface area contributed by atoms with Crippen molar-refractivity contribution in [2.75, 3.05) is 24.6 Å². The second-order valence-corrected chi connectivity index (χ2v) is 8.15. The number of para-hydroxylation sites is 1. The largest absolute Gasteiger partial charge is 0.489 e. The number of ether oxygens (including phenoxy) is 1. The van der Waals surface area contributed by atoms with Crippen LogP contribution in [0.15, 0.2) is 35.3 Å². The van der Waals surface area contributed by atoms with E-state index in [2.05, 4.69) is 22.5 Å². The smallest absolute Gasteiger partial charge is 0.191 e. The van der Waals surface area contributed by atoms with E-state index >= 15 is 0 Å². The van der Waals surface area contributed by atoms with Gasteiger partial charge in [-0.05, 0) is 31.9 Å². The summed E-state index contributed by atoms with van der Waals surface area (Å²) in [6.45, 7) is 5.29. The van der Waals surface area contributed by atoms with Crippen LogP contribution in [0.2, 0.25) is 0 Å². The number of nitrogens with one attached hydrogen (secondary N) is 2. The topological polar surface area (TPSA) is 79.8 Å². The van der Waals surface area contributed by atoms with E-state index in [4.69, 9.17) is 4.74 Å². The minimum absolute atomic E-state index is 0. The molecule has 0 amide bonds. The molecule has 1 heterocycles. The van der Waals surface area contributed by atoms with Gasteiger partial charge in [-0.25, -0.2) is 13.4 Å². The molecule has 2 N–H and O–H groups in total. The molecule has 0 spiro atoms. The lowest BCUT2D eigenvalue weighted by Crippen LogP contribution is -2.44. The summed E-state index contributed by atoms with van der Waals surface area (Å²) in [5.74, 6) is 1.91. The first-order chi connectivity index (χ1) is 11.5. The second kappa shape index (κ2) is 10.8. The third-order valence-electron chi connectivity index (χ3n) is 3.87. The lowest BCUT2D eigenvalue weighted by molar-refractivity contribution is 0.205. The van der Waals surface area contributed by atoms with E-state index in [0.717, 1.165) is 18.7 Å². The molecule has 25 heavy (non-hydrogen) atoms. The highest BCUT2D eigenvalue weighted by Gasteiger charge is 2.28. The van der Waals surface area contributed by atoms with Crippen molar-refractivity contribution >= 4 is 39.8 Å². The highest BCUT2D eigenvalue weighted by atomic mass is 127. The van der Waals surface area contributed by atoms with E-state index in [0.29, 0.717) is 18.9 Å². The summed E-state index contributed by atoms with van der Waals surface area (Å²) in [5, 5.41) is 6.39. The number of nitrogens with zero attached hydrogens (tertiary/aromatic N) is 1. The van der Waals surface area contributed by atoms with Crippen LogP contribution in [0.1, 0.15) is 26.7 Å². The molecule has 2 atom stereocenters. The van der Waals surface area contributed by atoms with Gasteiger partial charge in [-0.2, -0.15) is 0 Å². The van der Waals surface area contributed by atoms with Crippen molar-refractivity contribution in [3.05, 3.63) is 30.3 Å². The first-order valence-electron chi connectivity index (χ1n) is 8.49. The van der Waals surface area contributed by atoms with Crippen molar-refractivity contribution in [2.24, 2.45) is 4.99 Å². The molecule has 2 unspecified atom stereocenters. The maximum absolute atomic E-state index is 11.6. The zero-order valence-electron chi connectivity index (χ0n) is 14.8. The Morgan fingerprint density at radius 1 is 1.32 bits per heavy atom. The minimum Gasteiger partial charge on any atom is -0.489 e. The fourth-order valence-corrected chi connectivity index (χ4v) is 4.23. The number of halogens is 1. The average molecular weight is 481 g/mol. The molecule has 1 saturated heterocycles. The Bertz CT molecular complexity index is 638. The van der Waals surface area contributed by atoms with Crippen LogP contribution < -0.4 is 15.4 Å². The molecule has 1 aliphatic heterocycles. The molecule has 6 nitrogen and oxygen atoms in total. The van der Waals surface area contributed by atoms with Gasteiger partial charge in [0.05, 0.1) is 18.1 Å². The Balaban J connectivity index is 0.00000312. The Morgan fingerprint density at radius 3 is 2.60 bits per heavy atom. The van der Waals surface area contributed by atoms with Crippen LogP contribution in [-0.4, -0.2) is 51.1 Å². The summed E-state index contributed by atoms with van der Waals surface area (Å²) >= 11 is 0. The van der Waals surface area contributed by atoms with Crippen molar-refractivity contribution in [1.29, 1.82) is 0 Å². The fourth-order valence-electron chi connectivity index (χ4n) is 2.56. The maximum Gasteiger partial charge on any atom is 0.191 e. The number of guanidine groups is 1. The zero-order chi connectivity index (χ0) is 17.4. The highest BCUT2D eigenvalue weighted by molar-refractivity contribution is 14.0. The average Bonchev–Trinajstić information content (AvgIpc) is 2.91. The van der Waals surface area contributed by atoms with Crippen LogP contribution >= 0.6 is 24.0 Å². The predicted molar refractivity (Wildman–Crippen MR) is 113 cm³/mol. The molecular formula is C17H28IN3O3S. The Labute approximate surface area is 167 Å². The number of hydrogen-bond donors (Lipinski definition) is 2. The second-order valence-electron chi connectivity index (χ2n) is 5.93. The summed E-state index contributed by atoms with van der Waals surface area (Å²) in [6, 6.07) is 9.63. The molecule has 0 radical (unpaired) electrons. The molecular weight excluding hydrogens is 453 g/mol. The van der Waals surface area contributed by atoms with Gasteiger partial charge in [-0.1, -0.05) is 25.1 Å². The van der Waals surface area contributed by atoms with Crippen LogP contribution in [0.5, 0.6) is 5.75 Å². The summed E-state index contributed by atoms with van der Waals surface area (Å²) < 4.78 is 29.1. The molecule has 1 aromatic carbocycles. The Morgan fingerprint density at radius 2 is 2.04 bits per heavy atom. The summed E-state index contributed by atoms with van der Waals surface area (Å²) in [5.41, 5.74) is 0. The first-order valence-corrected chi connectivity index (χ1v) is 10.3. The molecule has 142 valence electrons. The molecule has 0 aliphatic carbocycles. The minimum atomic E-state index is -2.90. The van der Waals surface area contributed by atoms with E-state index in [1.54, 1.807) is 0 Å². The lowest BCUT2D eigenvalue weighted by Gasteiger charge is -2.19. The highest BCUT2D eigenvalue weighted by Crippen LogP contribution is 2.13. The van der Waals surface area contributed by atoms with Gasteiger partial charge in [0.15, 0.2) is 15.8 Å². The van der Waals surface area contributed by atoms with E-state index in [1.807, 2.05) is 37.3 Å². The molecule has 1 fully saturated rings. The molecule has 2 rings (SSSR count). The molecule has 8 heteroatoms. The quantitative estimate of drug-likeness (QED) is 0.355. The van der Waals surface area contributed by atoms with Crippen molar-refractivity contribution < 1.29 is 13.2 Å². The van der Waals surface area contributed by atoms with E-state index < -0.39 is 9.84 Å². The Kier molecular flexibility index (Phi) is 9.55. The van der Waals surface area contributed by atoms with Crippen LogP contribution in [0.3, 0.4) is 0 Å². The SMILES string of the molecule is CCNC(=NCC(CC)Oc1ccccc1)NC1CCS(=O)(=O)C1.I. The van der Waals surface area contributed by atoms with Gasteiger partial charge in [-0.3, -0.25) is 0 Å². The van der Waals surface area contributed by atoms with Gasteiger partial charge < -0.3 is 15.4 Å². The maximum atomic E-state index is 11.6. The van der Waals surface area contributed by atoms with Gasteiger partial charge >= 0.3 is 0 Å². The van der Waals surface area contributed by atoms with E-state index in [1.165, 1.54) is 0 Å². The number of sulfone groups is 1. The molecule has 0 bridgehead atoms. The Hall–Kier alpha value is -1.03. The predicted octanol–water partition coefficient (Wildman–Crippen LogP) is 2.20. The van der Waals surface area contributed by atoms with Gasteiger partial charge in [0.25, 0.3) is 0 Å². The van der Waals surface area contributed by atoms with Crippen LogP contribution in [-0.2, 0) is 9.84 Å². The van der Waals surface area contributed by atoms with Crippen molar-refractivity contribution in [2.45, 2.75) is 38.8 Å². The zero-order valence-corrected chi connectivity index (χ0v) is 17.9. The number of aliphatic imine (C=N–C) groups is 1. The van der Waals surface area contributed by atoms with Gasteiger partial charge in [-0.15, -0.1) is 24.0 Å². The molecule has 0 aromatic heterocycles. The monoisotopic (exact) mass is 481 g/mol. The van der Waals surface area contributed by atoms with Crippen LogP contribution in [0.4, 0.5) is 0 Å². The number of hydrogen-bond acceptors (Lipinski definition) is 4. The third-order valence-corrected chi connectivity index (χ3v) is 5.64. The molecule has 0 saturated carbocycles. The number of benzene rings is 1. The van der Waals surface area contributed by atoms with Gasteiger partial charge in [0, 0.05) is 12.6 Å². The summed E-state index contributed by atoms with van der Waals surface area (Å²) in [6.07, 6.45) is 1.45. The first kappa shape index (κ1) is 22.0. The number of rotatable bonds is 7.